The van der Waals surface area contributed by atoms with Gasteiger partial charge in [-0.15, -0.1) is 0 Å². The van der Waals surface area contributed by atoms with Gasteiger partial charge in [-0.2, -0.15) is 0 Å². The molecule has 0 radical (unpaired) electrons. The number of carbonyl (C=O) groups excluding carboxylic acids is 1. The van der Waals surface area contributed by atoms with E-state index in [0.717, 1.165) is 31.9 Å². The van der Waals surface area contributed by atoms with Crippen molar-refractivity contribution in [2.45, 2.75) is 25.8 Å². The lowest BCUT2D eigenvalue weighted by molar-refractivity contribution is -0.140. The van der Waals surface area contributed by atoms with Crippen molar-refractivity contribution < 1.29 is 9.53 Å². The normalized spacial score (nSPS) is 11.0. The zero-order chi connectivity index (χ0) is 14.6. The maximum atomic E-state index is 10.9. The maximum Gasteiger partial charge on any atom is 0.305 e. The van der Waals surface area contributed by atoms with Crippen LogP contribution in [0.15, 0.2) is 35.3 Å². The Hall–Kier alpha value is -2.04. The largest absolute Gasteiger partial charge is 0.469 e. The number of rotatable bonds is 7. The molecule has 0 unspecified atom stereocenters. The van der Waals surface area contributed by atoms with Gasteiger partial charge in [-0.3, -0.25) is 9.79 Å². The molecule has 0 aliphatic carbocycles. The van der Waals surface area contributed by atoms with Gasteiger partial charge in [-0.25, -0.2) is 0 Å². The Balaban J connectivity index is 2.16. The van der Waals surface area contributed by atoms with Crippen molar-refractivity contribution in [3.05, 3.63) is 35.9 Å². The molecule has 0 fully saturated rings. The molecule has 0 amide bonds. The average Bonchev–Trinajstić information content (AvgIpc) is 2.50. The molecule has 5 heteroatoms. The van der Waals surface area contributed by atoms with E-state index in [4.69, 9.17) is 0 Å². The van der Waals surface area contributed by atoms with Gasteiger partial charge in [-0.05, 0) is 18.4 Å². The van der Waals surface area contributed by atoms with Gasteiger partial charge >= 0.3 is 5.97 Å². The Kier molecular flexibility index (Phi) is 7.87. The Morgan fingerprint density at radius 3 is 2.60 bits per heavy atom. The molecule has 0 aliphatic heterocycles. The minimum atomic E-state index is -0.156. The van der Waals surface area contributed by atoms with Gasteiger partial charge in [0.05, 0.1) is 7.11 Å². The lowest BCUT2D eigenvalue weighted by atomic mass is 10.2. The molecule has 0 bridgehead atoms. The van der Waals surface area contributed by atoms with Crippen LogP contribution in [0.2, 0.25) is 0 Å². The van der Waals surface area contributed by atoms with E-state index in [1.807, 2.05) is 18.2 Å². The molecule has 20 heavy (non-hydrogen) atoms. The third-order valence-electron chi connectivity index (χ3n) is 2.85. The highest BCUT2D eigenvalue weighted by Gasteiger charge is 2.00. The predicted molar refractivity (Wildman–Crippen MR) is 80.5 cm³/mol. The highest BCUT2D eigenvalue weighted by Crippen LogP contribution is 1.97. The molecule has 0 atom stereocenters. The van der Waals surface area contributed by atoms with Crippen molar-refractivity contribution in [3.8, 4) is 0 Å². The first-order valence-corrected chi connectivity index (χ1v) is 6.81. The summed E-state index contributed by atoms with van der Waals surface area (Å²) in [5, 5.41) is 6.46. The van der Waals surface area contributed by atoms with Crippen LogP contribution < -0.4 is 10.6 Å². The molecule has 1 aromatic rings. The molecule has 0 heterocycles. The summed E-state index contributed by atoms with van der Waals surface area (Å²) in [4.78, 5) is 15.1. The summed E-state index contributed by atoms with van der Waals surface area (Å²) in [6.07, 6.45) is 2.19. The molecule has 0 aliphatic rings. The average molecular weight is 277 g/mol. The predicted octanol–water partition coefficient (Wildman–Crippen LogP) is 1.69. The van der Waals surface area contributed by atoms with E-state index in [9.17, 15) is 4.79 Å². The zero-order valence-electron chi connectivity index (χ0n) is 12.2. The summed E-state index contributed by atoms with van der Waals surface area (Å²) < 4.78 is 4.59. The molecule has 110 valence electrons. The Bertz CT molecular complexity index is 418. The number of guanidine groups is 1. The summed E-state index contributed by atoms with van der Waals surface area (Å²) in [7, 11) is 3.16. The number of unbranched alkanes of at least 4 members (excludes halogenated alkanes) is 1. The molecule has 5 nitrogen and oxygen atoms in total. The van der Waals surface area contributed by atoms with Gasteiger partial charge in [0.15, 0.2) is 5.96 Å². The first-order chi connectivity index (χ1) is 9.76. The Morgan fingerprint density at radius 2 is 1.95 bits per heavy atom. The summed E-state index contributed by atoms with van der Waals surface area (Å²) in [5.41, 5.74) is 1.21. The molecular weight excluding hydrogens is 254 g/mol. The van der Waals surface area contributed by atoms with Crippen molar-refractivity contribution in [1.29, 1.82) is 0 Å². The summed E-state index contributed by atoms with van der Waals surface area (Å²) in [5.74, 6) is 0.614. The van der Waals surface area contributed by atoms with E-state index in [1.165, 1.54) is 12.7 Å². The number of methoxy groups -OCH3 is 1. The van der Waals surface area contributed by atoms with E-state index >= 15 is 0 Å². The second-order valence-electron chi connectivity index (χ2n) is 4.37. The standard InChI is InChI=1S/C15H23N3O2/c1-16-15(17-11-7-6-10-14(19)20-2)18-12-13-8-4-3-5-9-13/h3-5,8-9H,6-7,10-12H2,1-2H3,(H2,16,17,18). The van der Waals surface area contributed by atoms with Crippen molar-refractivity contribution in [2.75, 3.05) is 20.7 Å². The van der Waals surface area contributed by atoms with Crippen LogP contribution in [0.5, 0.6) is 0 Å². The summed E-state index contributed by atoms with van der Waals surface area (Å²) >= 11 is 0. The van der Waals surface area contributed by atoms with Crippen molar-refractivity contribution in [3.63, 3.8) is 0 Å². The van der Waals surface area contributed by atoms with Crippen molar-refractivity contribution in [1.82, 2.24) is 10.6 Å². The minimum Gasteiger partial charge on any atom is -0.469 e. The van der Waals surface area contributed by atoms with Gasteiger partial charge in [0.2, 0.25) is 0 Å². The van der Waals surface area contributed by atoms with E-state index < -0.39 is 0 Å². The maximum absolute atomic E-state index is 10.9. The van der Waals surface area contributed by atoms with Gasteiger partial charge in [0.1, 0.15) is 0 Å². The highest BCUT2D eigenvalue weighted by atomic mass is 16.5. The zero-order valence-corrected chi connectivity index (χ0v) is 12.2. The lowest BCUT2D eigenvalue weighted by Gasteiger charge is -2.11. The Labute approximate surface area is 120 Å². The Morgan fingerprint density at radius 1 is 1.20 bits per heavy atom. The fourth-order valence-corrected chi connectivity index (χ4v) is 1.71. The molecule has 1 aromatic carbocycles. The smallest absolute Gasteiger partial charge is 0.305 e. The molecule has 1 rings (SSSR count). The van der Waals surface area contributed by atoms with Crippen LogP contribution in [-0.2, 0) is 16.1 Å². The van der Waals surface area contributed by atoms with Gasteiger partial charge in [-0.1, -0.05) is 30.3 Å². The van der Waals surface area contributed by atoms with Crippen LogP contribution in [0.1, 0.15) is 24.8 Å². The van der Waals surface area contributed by atoms with Crippen LogP contribution in [0.25, 0.3) is 0 Å². The number of ether oxygens (including phenoxy) is 1. The van der Waals surface area contributed by atoms with Crippen molar-refractivity contribution in [2.24, 2.45) is 4.99 Å². The van der Waals surface area contributed by atoms with Gasteiger partial charge in [0.25, 0.3) is 0 Å². The monoisotopic (exact) mass is 277 g/mol. The highest BCUT2D eigenvalue weighted by molar-refractivity contribution is 5.79. The van der Waals surface area contributed by atoms with Crippen LogP contribution >= 0.6 is 0 Å². The van der Waals surface area contributed by atoms with Crippen LogP contribution in [0.4, 0.5) is 0 Å². The van der Waals surface area contributed by atoms with E-state index in [-0.39, 0.29) is 5.97 Å². The molecular formula is C15H23N3O2. The quantitative estimate of drug-likeness (QED) is 0.344. The van der Waals surface area contributed by atoms with E-state index in [0.29, 0.717) is 6.42 Å². The van der Waals surface area contributed by atoms with Gasteiger partial charge < -0.3 is 15.4 Å². The first-order valence-electron chi connectivity index (χ1n) is 6.81. The molecule has 0 saturated carbocycles. The first kappa shape index (κ1) is 16.0. The van der Waals surface area contributed by atoms with Crippen LogP contribution in [0, 0.1) is 0 Å². The van der Waals surface area contributed by atoms with E-state index in [2.05, 4.69) is 32.5 Å². The fourth-order valence-electron chi connectivity index (χ4n) is 1.71. The number of benzene rings is 1. The minimum absolute atomic E-state index is 0.156. The second kappa shape index (κ2) is 9.83. The van der Waals surface area contributed by atoms with Gasteiger partial charge in [0, 0.05) is 26.6 Å². The second-order valence-corrected chi connectivity index (χ2v) is 4.37. The summed E-state index contributed by atoms with van der Waals surface area (Å²) in [6, 6.07) is 10.2. The number of esters is 1. The van der Waals surface area contributed by atoms with Crippen molar-refractivity contribution >= 4 is 11.9 Å². The molecule has 2 N–H and O–H groups in total. The number of hydrogen-bond donors (Lipinski definition) is 2. The number of carbonyl (C=O) groups is 1. The number of hydrogen-bond acceptors (Lipinski definition) is 3. The third-order valence-corrected chi connectivity index (χ3v) is 2.85. The molecule has 0 spiro atoms. The number of nitrogens with one attached hydrogen (secondary N) is 2. The number of nitrogens with zero attached hydrogens (tertiary/aromatic N) is 1. The summed E-state index contributed by atoms with van der Waals surface area (Å²) in [6.45, 7) is 1.52. The fraction of sp³-hybridized carbons (Fsp3) is 0.467. The SMILES string of the molecule is CN=C(NCCCCC(=O)OC)NCc1ccccc1. The van der Waals surface area contributed by atoms with Crippen LogP contribution in [-0.4, -0.2) is 32.6 Å². The van der Waals surface area contributed by atoms with Crippen LogP contribution in [0.3, 0.4) is 0 Å². The molecule has 0 saturated heterocycles. The topological polar surface area (TPSA) is 62.7 Å². The van der Waals surface area contributed by atoms with E-state index in [1.54, 1.807) is 7.05 Å². The lowest BCUT2D eigenvalue weighted by Crippen LogP contribution is -2.37. The number of aliphatic imine (C=N–C) groups is 1. The molecule has 0 aromatic heterocycles. The third kappa shape index (κ3) is 6.78.